The van der Waals surface area contributed by atoms with Crippen molar-refractivity contribution in [2.24, 2.45) is 0 Å². The number of anilines is 1. The van der Waals surface area contributed by atoms with Crippen LogP contribution in [0.1, 0.15) is 39.0 Å². The number of nitrogens with zero attached hydrogens (tertiary/aromatic N) is 1. The lowest BCUT2D eigenvalue weighted by Crippen LogP contribution is -2.40. The van der Waals surface area contributed by atoms with E-state index in [1.54, 1.807) is 0 Å². The maximum Gasteiger partial charge on any atom is 0.225 e. The third-order valence-electron chi connectivity index (χ3n) is 4.05. The van der Waals surface area contributed by atoms with Gasteiger partial charge in [-0.1, -0.05) is 13.3 Å². The van der Waals surface area contributed by atoms with Crippen LogP contribution in [0.3, 0.4) is 0 Å². The number of carbonyl (C=O) groups is 1. The highest BCUT2D eigenvalue weighted by Crippen LogP contribution is 2.20. The van der Waals surface area contributed by atoms with Crippen LogP contribution in [0.5, 0.6) is 0 Å². The second-order valence-electron chi connectivity index (χ2n) is 5.52. The molecule has 116 valence electrons. The highest BCUT2D eigenvalue weighted by atomic mass is 19.1. The molecule has 0 radical (unpaired) electrons. The van der Waals surface area contributed by atoms with Gasteiger partial charge >= 0.3 is 0 Å². The van der Waals surface area contributed by atoms with Crippen molar-refractivity contribution in [3.63, 3.8) is 0 Å². The summed E-state index contributed by atoms with van der Waals surface area (Å²) in [5.41, 5.74) is 0.0343. The van der Waals surface area contributed by atoms with Crippen molar-refractivity contribution < 1.29 is 13.6 Å². The molecule has 3 nitrogen and oxygen atoms in total. The minimum atomic E-state index is -0.743. The summed E-state index contributed by atoms with van der Waals surface area (Å²) in [6.45, 7) is 3.88. The summed E-state index contributed by atoms with van der Waals surface area (Å²) in [7, 11) is 0. The maximum atomic E-state index is 13.5. The Morgan fingerprint density at radius 2 is 2.19 bits per heavy atom. The van der Waals surface area contributed by atoms with Crippen LogP contribution in [0.25, 0.3) is 0 Å². The van der Waals surface area contributed by atoms with Crippen molar-refractivity contribution in [3.8, 4) is 0 Å². The van der Waals surface area contributed by atoms with Crippen LogP contribution in [-0.2, 0) is 4.79 Å². The van der Waals surface area contributed by atoms with E-state index in [1.807, 2.05) is 0 Å². The lowest BCUT2D eigenvalue weighted by molar-refractivity contribution is -0.116. The number of halogens is 2. The molecular formula is C16H22F2N2O. The van der Waals surface area contributed by atoms with Crippen LogP contribution in [-0.4, -0.2) is 29.9 Å². The molecule has 1 atom stereocenters. The zero-order valence-corrected chi connectivity index (χ0v) is 12.4. The first-order valence-electron chi connectivity index (χ1n) is 7.59. The van der Waals surface area contributed by atoms with Gasteiger partial charge in [-0.15, -0.1) is 0 Å². The molecule has 1 aromatic carbocycles. The standard InChI is InChI=1S/C16H22F2N2O/c1-2-13-5-3-4-9-20(13)10-8-16(21)19-15-7-6-12(17)11-14(15)18/h6-7,11,13H,2-5,8-10H2,1H3,(H,19,21). The van der Waals surface area contributed by atoms with E-state index < -0.39 is 11.6 Å². The fraction of sp³-hybridized carbons (Fsp3) is 0.562. The molecule has 1 unspecified atom stereocenters. The van der Waals surface area contributed by atoms with E-state index in [0.717, 1.165) is 25.1 Å². The normalized spacial score (nSPS) is 19.5. The first-order valence-corrected chi connectivity index (χ1v) is 7.59. The van der Waals surface area contributed by atoms with E-state index in [9.17, 15) is 13.6 Å². The number of carbonyl (C=O) groups excluding carboxylic acids is 1. The highest BCUT2D eigenvalue weighted by molar-refractivity contribution is 5.90. The number of piperidine rings is 1. The average molecular weight is 296 g/mol. The van der Waals surface area contributed by atoms with Crippen molar-refractivity contribution in [1.82, 2.24) is 4.90 Å². The Morgan fingerprint density at radius 1 is 1.38 bits per heavy atom. The topological polar surface area (TPSA) is 32.3 Å². The molecule has 0 aromatic heterocycles. The maximum absolute atomic E-state index is 13.5. The summed E-state index contributed by atoms with van der Waals surface area (Å²) >= 11 is 0. The second kappa shape index (κ2) is 7.50. The van der Waals surface area contributed by atoms with Gasteiger partial charge in [-0.2, -0.15) is 0 Å². The Bertz CT molecular complexity index is 493. The summed E-state index contributed by atoms with van der Waals surface area (Å²) < 4.78 is 26.3. The SMILES string of the molecule is CCC1CCCCN1CCC(=O)Nc1ccc(F)cc1F. The largest absolute Gasteiger partial charge is 0.324 e. The molecule has 1 aliphatic rings. The number of nitrogens with one attached hydrogen (secondary N) is 1. The van der Waals surface area contributed by atoms with Gasteiger partial charge in [0, 0.05) is 25.1 Å². The number of amides is 1. The van der Waals surface area contributed by atoms with Gasteiger partial charge in [-0.3, -0.25) is 9.69 Å². The van der Waals surface area contributed by atoms with Crippen molar-refractivity contribution in [2.75, 3.05) is 18.4 Å². The predicted molar refractivity (Wildman–Crippen MR) is 79.1 cm³/mol. The molecule has 1 amide bonds. The van der Waals surface area contributed by atoms with Crippen LogP contribution in [0, 0.1) is 11.6 Å². The molecule has 1 aliphatic heterocycles. The minimum absolute atomic E-state index is 0.0343. The monoisotopic (exact) mass is 296 g/mol. The zero-order chi connectivity index (χ0) is 15.2. The number of hydrogen-bond acceptors (Lipinski definition) is 2. The summed E-state index contributed by atoms with van der Waals surface area (Å²) in [6, 6.07) is 3.70. The van der Waals surface area contributed by atoms with Gasteiger partial charge in [-0.05, 0) is 37.9 Å². The molecule has 1 saturated heterocycles. The van der Waals surface area contributed by atoms with Crippen LogP contribution in [0.15, 0.2) is 18.2 Å². The first-order chi connectivity index (χ1) is 10.1. The van der Waals surface area contributed by atoms with Crippen LogP contribution in [0.2, 0.25) is 0 Å². The van der Waals surface area contributed by atoms with Gasteiger partial charge in [0.2, 0.25) is 5.91 Å². The van der Waals surface area contributed by atoms with Gasteiger partial charge in [0.1, 0.15) is 11.6 Å². The summed E-state index contributed by atoms with van der Waals surface area (Å²) in [5.74, 6) is -1.63. The van der Waals surface area contributed by atoms with Gasteiger partial charge in [0.05, 0.1) is 5.69 Å². The molecule has 0 spiro atoms. The lowest BCUT2D eigenvalue weighted by Gasteiger charge is -2.35. The van der Waals surface area contributed by atoms with Gasteiger partial charge in [0.15, 0.2) is 0 Å². The summed E-state index contributed by atoms with van der Waals surface area (Å²) in [6.07, 6.45) is 5.03. The zero-order valence-electron chi connectivity index (χ0n) is 12.4. The summed E-state index contributed by atoms with van der Waals surface area (Å²) in [4.78, 5) is 14.2. The number of rotatable bonds is 5. The molecular weight excluding hydrogens is 274 g/mol. The summed E-state index contributed by atoms with van der Waals surface area (Å²) in [5, 5.41) is 2.50. The van der Waals surface area contributed by atoms with Gasteiger partial charge < -0.3 is 5.32 Å². The fourth-order valence-electron chi connectivity index (χ4n) is 2.87. The van der Waals surface area contributed by atoms with Crippen LogP contribution in [0.4, 0.5) is 14.5 Å². The first kappa shape index (κ1) is 15.9. The molecule has 1 aromatic rings. The van der Waals surface area contributed by atoms with Crippen molar-refractivity contribution in [1.29, 1.82) is 0 Å². The second-order valence-corrected chi connectivity index (χ2v) is 5.52. The molecule has 1 fully saturated rings. The quantitative estimate of drug-likeness (QED) is 0.901. The van der Waals surface area contributed by atoms with Crippen LogP contribution >= 0.6 is 0 Å². The van der Waals surface area contributed by atoms with Gasteiger partial charge in [-0.25, -0.2) is 8.78 Å². The van der Waals surface area contributed by atoms with E-state index in [-0.39, 0.29) is 11.6 Å². The molecule has 0 saturated carbocycles. The minimum Gasteiger partial charge on any atom is -0.324 e. The van der Waals surface area contributed by atoms with Crippen LogP contribution < -0.4 is 5.32 Å². The van der Waals surface area contributed by atoms with Crippen molar-refractivity contribution >= 4 is 11.6 Å². The number of likely N-dealkylation sites (tertiary alicyclic amines) is 1. The predicted octanol–water partition coefficient (Wildman–Crippen LogP) is 3.56. The van der Waals surface area contributed by atoms with Crippen molar-refractivity contribution in [2.45, 2.75) is 45.1 Å². The van der Waals surface area contributed by atoms with E-state index in [0.29, 0.717) is 19.0 Å². The Labute approximate surface area is 124 Å². The lowest BCUT2D eigenvalue weighted by atomic mass is 10.00. The highest BCUT2D eigenvalue weighted by Gasteiger charge is 2.21. The molecule has 1 heterocycles. The van der Waals surface area contributed by atoms with E-state index in [1.165, 1.54) is 25.3 Å². The molecule has 0 bridgehead atoms. The Balaban J connectivity index is 1.84. The van der Waals surface area contributed by atoms with Crippen molar-refractivity contribution in [3.05, 3.63) is 29.8 Å². The molecule has 21 heavy (non-hydrogen) atoms. The molecule has 1 N–H and O–H groups in total. The molecule has 0 aliphatic carbocycles. The third kappa shape index (κ3) is 4.49. The Kier molecular flexibility index (Phi) is 5.67. The van der Waals surface area contributed by atoms with E-state index in [2.05, 4.69) is 17.1 Å². The van der Waals surface area contributed by atoms with Gasteiger partial charge in [0.25, 0.3) is 0 Å². The fourth-order valence-corrected chi connectivity index (χ4v) is 2.87. The smallest absolute Gasteiger partial charge is 0.225 e. The number of benzene rings is 1. The average Bonchev–Trinajstić information content (AvgIpc) is 2.48. The molecule has 5 heteroatoms. The number of hydrogen-bond donors (Lipinski definition) is 1. The Morgan fingerprint density at radius 3 is 2.90 bits per heavy atom. The van der Waals surface area contributed by atoms with E-state index in [4.69, 9.17) is 0 Å². The van der Waals surface area contributed by atoms with E-state index >= 15 is 0 Å². The molecule has 2 rings (SSSR count). The Hall–Kier alpha value is -1.49. The third-order valence-corrected chi connectivity index (χ3v) is 4.05.